The van der Waals surface area contributed by atoms with E-state index in [9.17, 15) is 4.79 Å². The van der Waals surface area contributed by atoms with Crippen molar-refractivity contribution in [1.82, 2.24) is 9.78 Å². The Bertz CT molecular complexity index is 561. The number of rotatable bonds is 6. The van der Waals surface area contributed by atoms with Crippen molar-refractivity contribution in [3.05, 3.63) is 42.2 Å². The zero-order valence-corrected chi connectivity index (χ0v) is 11.6. The summed E-state index contributed by atoms with van der Waals surface area (Å²) in [6.45, 7) is 2.96. The molecule has 0 atom stereocenters. The molecular weight excluding hydrogens is 254 g/mol. The van der Waals surface area contributed by atoms with E-state index in [-0.39, 0.29) is 12.5 Å². The summed E-state index contributed by atoms with van der Waals surface area (Å²) >= 11 is 0. The van der Waals surface area contributed by atoms with Gasteiger partial charge in [-0.15, -0.1) is 0 Å². The molecule has 1 aromatic heterocycles. The fraction of sp³-hybridized carbons (Fsp3) is 0.333. The lowest BCUT2D eigenvalue weighted by atomic mass is 10.1. The van der Waals surface area contributed by atoms with E-state index in [2.05, 4.69) is 17.2 Å². The van der Waals surface area contributed by atoms with Crippen LogP contribution in [0.1, 0.15) is 12.5 Å². The summed E-state index contributed by atoms with van der Waals surface area (Å²) in [5.74, 6) is -0.277. The van der Waals surface area contributed by atoms with Gasteiger partial charge in [0.1, 0.15) is 6.54 Å². The highest BCUT2D eigenvalue weighted by Gasteiger charge is 2.06. The van der Waals surface area contributed by atoms with E-state index < -0.39 is 0 Å². The molecule has 0 fully saturated rings. The van der Waals surface area contributed by atoms with Gasteiger partial charge in [0.25, 0.3) is 0 Å². The van der Waals surface area contributed by atoms with Crippen LogP contribution in [0.5, 0.6) is 0 Å². The van der Waals surface area contributed by atoms with Gasteiger partial charge in [0.05, 0.1) is 12.8 Å². The minimum atomic E-state index is -0.277. The summed E-state index contributed by atoms with van der Waals surface area (Å²) in [6, 6.07) is 8.20. The molecule has 0 saturated carbocycles. The Balaban J connectivity index is 2.06. The molecule has 106 valence electrons. The SMILES string of the molecule is CCOC(=O)Cn1cc(-c2ccc(CCN)cc2)cn1. The summed E-state index contributed by atoms with van der Waals surface area (Å²) < 4.78 is 6.48. The lowest BCUT2D eigenvalue weighted by Crippen LogP contribution is -2.13. The molecule has 2 rings (SSSR count). The first-order valence-electron chi connectivity index (χ1n) is 6.70. The number of benzene rings is 1. The van der Waals surface area contributed by atoms with Gasteiger partial charge in [-0.2, -0.15) is 5.10 Å². The van der Waals surface area contributed by atoms with E-state index in [1.807, 2.05) is 18.3 Å². The molecule has 0 saturated heterocycles. The smallest absolute Gasteiger partial charge is 0.327 e. The molecule has 0 aliphatic carbocycles. The van der Waals surface area contributed by atoms with Crippen molar-refractivity contribution >= 4 is 5.97 Å². The molecule has 1 heterocycles. The number of esters is 1. The Kier molecular flexibility index (Phi) is 4.90. The molecule has 0 unspecified atom stereocenters. The first kappa shape index (κ1) is 14.3. The van der Waals surface area contributed by atoms with Gasteiger partial charge in [0.2, 0.25) is 0 Å². The second-order valence-corrected chi connectivity index (χ2v) is 4.47. The maximum atomic E-state index is 11.4. The molecule has 5 nitrogen and oxygen atoms in total. The van der Waals surface area contributed by atoms with E-state index in [1.165, 1.54) is 5.56 Å². The third kappa shape index (κ3) is 3.68. The summed E-state index contributed by atoms with van der Waals surface area (Å²) in [4.78, 5) is 11.4. The minimum absolute atomic E-state index is 0.138. The van der Waals surface area contributed by atoms with Crippen LogP contribution in [-0.4, -0.2) is 28.9 Å². The molecule has 20 heavy (non-hydrogen) atoms. The van der Waals surface area contributed by atoms with Gasteiger partial charge < -0.3 is 10.5 Å². The highest BCUT2D eigenvalue weighted by Crippen LogP contribution is 2.19. The van der Waals surface area contributed by atoms with Gasteiger partial charge in [-0.25, -0.2) is 0 Å². The molecule has 0 amide bonds. The Hall–Kier alpha value is -2.14. The van der Waals surface area contributed by atoms with Crippen LogP contribution in [0.3, 0.4) is 0 Å². The standard InChI is InChI=1S/C15H19N3O2/c1-2-20-15(19)11-18-10-14(9-17-18)13-5-3-12(4-6-13)7-8-16/h3-6,9-10H,2,7-8,11,16H2,1H3. The van der Waals surface area contributed by atoms with Crippen molar-refractivity contribution in [3.63, 3.8) is 0 Å². The molecular formula is C15H19N3O2. The molecule has 0 radical (unpaired) electrons. The molecule has 5 heteroatoms. The van der Waals surface area contributed by atoms with Crippen LogP contribution < -0.4 is 5.73 Å². The van der Waals surface area contributed by atoms with Gasteiger partial charge in [-0.1, -0.05) is 24.3 Å². The first-order valence-corrected chi connectivity index (χ1v) is 6.70. The fourth-order valence-electron chi connectivity index (χ4n) is 1.97. The third-order valence-electron chi connectivity index (χ3n) is 2.95. The zero-order valence-electron chi connectivity index (χ0n) is 11.6. The van der Waals surface area contributed by atoms with Crippen LogP contribution >= 0.6 is 0 Å². The number of hydrogen-bond acceptors (Lipinski definition) is 4. The van der Waals surface area contributed by atoms with E-state index in [0.29, 0.717) is 13.2 Å². The summed E-state index contributed by atoms with van der Waals surface area (Å²) in [5.41, 5.74) is 8.80. The second-order valence-electron chi connectivity index (χ2n) is 4.47. The minimum Gasteiger partial charge on any atom is -0.465 e. The number of carbonyl (C=O) groups excluding carboxylic acids is 1. The van der Waals surface area contributed by atoms with E-state index in [1.54, 1.807) is 17.8 Å². The molecule has 0 aliphatic rings. The second kappa shape index (κ2) is 6.86. The summed E-state index contributed by atoms with van der Waals surface area (Å²) in [6.07, 6.45) is 4.47. The number of hydrogen-bond donors (Lipinski definition) is 1. The van der Waals surface area contributed by atoms with E-state index in [4.69, 9.17) is 10.5 Å². The monoisotopic (exact) mass is 273 g/mol. The van der Waals surface area contributed by atoms with Gasteiger partial charge in [-0.3, -0.25) is 9.48 Å². The number of nitrogens with zero attached hydrogens (tertiary/aromatic N) is 2. The van der Waals surface area contributed by atoms with Gasteiger partial charge in [0.15, 0.2) is 0 Å². The maximum absolute atomic E-state index is 11.4. The number of aromatic nitrogens is 2. The first-order chi connectivity index (χ1) is 9.72. The van der Waals surface area contributed by atoms with Crippen molar-refractivity contribution in [3.8, 4) is 11.1 Å². The largest absolute Gasteiger partial charge is 0.465 e. The van der Waals surface area contributed by atoms with Crippen molar-refractivity contribution in [1.29, 1.82) is 0 Å². The Morgan fingerprint density at radius 3 is 2.70 bits per heavy atom. The average Bonchev–Trinajstić information content (AvgIpc) is 2.88. The highest BCUT2D eigenvalue weighted by atomic mass is 16.5. The molecule has 0 bridgehead atoms. The van der Waals surface area contributed by atoms with Crippen LogP contribution in [0, 0.1) is 0 Å². The lowest BCUT2D eigenvalue weighted by molar-refractivity contribution is -0.144. The number of carbonyl (C=O) groups is 1. The Morgan fingerprint density at radius 1 is 1.30 bits per heavy atom. The zero-order chi connectivity index (χ0) is 14.4. The summed E-state index contributed by atoms with van der Waals surface area (Å²) in [7, 11) is 0. The molecule has 1 aromatic carbocycles. The highest BCUT2D eigenvalue weighted by molar-refractivity contribution is 5.69. The maximum Gasteiger partial charge on any atom is 0.327 e. The fourth-order valence-corrected chi connectivity index (χ4v) is 1.97. The van der Waals surface area contributed by atoms with Crippen molar-refractivity contribution in [2.75, 3.05) is 13.2 Å². The predicted octanol–water partition coefficient (Wildman–Crippen LogP) is 1.61. The van der Waals surface area contributed by atoms with Crippen LogP contribution in [0.15, 0.2) is 36.7 Å². The Labute approximate surface area is 118 Å². The van der Waals surface area contributed by atoms with Gasteiger partial charge in [-0.05, 0) is 31.0 Å². The lowest BCUT2D eigenvalue weighted by Gasteiger charge is -2.02. The van der Waals surface area contributed by atoms with Crippen molar-refractivity contribution < 1.29 is 9.53 Å². The van der Waals surface area contributed by atoms with Crippen molar-refractivity contribution in [2.24, 2.45) is 5.73 Å². The topological polar surface area (TPSA) is 70.1 Å². The molecule has 0 aliphatic heterocycles. The third-order valence-corrected chi connectivity index (χ3v) is 2.95. The van der Waals surface area contributed by atoms with E-state index >= 15 is 0 Å². The van der Waals surface area contributed by atoms with Crippen LogP contribution in [0.4, 0.5) is 0 Å². The Morgan fingerprint density at radius 2 is 2.05 bits per heavy atom. The van der Waals surface area contributed by atoms with Crippen LogP contribution in [-0.2, 0) is 22.5 Å². The quantitative estimate of drug-likeness (QED) is 0.812. The van der Waals surface area contributed by atoms with Crippen LogP contribution in [0.2, 0.25) is 0 Å². The number of ether oxygens (including phenoxy) is 1. The normalized spacial score (nSPS) is 10.5. The molecule has 0 spiro atoms. The summed E-state index contributed by atoms with van der Waals surface area (Å²) in [5, 5.41) is 4.17. The predicted molar refractivity (Wildman–Crippen MR) is 77.1 cm³/mol. The number of nitrogens with two attached hydrogens (primary N) is 1. The van der Waals surface area contributed by atoms with Crippen LogP contribution in [0.25, 0.3) is 11.1 Å². The van der Waals surface area contributed by atoms with E-state index in [0.717, 1.165) is 17.5 Å². The molecule has 2 N–H and O–H groups in total. The van der Waals surface area contributed by atoms with Crippen molar-refractivity contribution in [2.45, 2.75) is 19.9 Å². The van der Waals surface area contributed by atoms with Gasteiger partial charge >= 0.3 is 5.97 Å². The van der Waals surface area contributed by atoms with Gasteiger partial charge in [0, 0.05) is 11.8 Å². The molecule has 2 aromatic rings. The average molecular weight is 273 g/mol.